The third-order valence-electron chi connectivity index (χ3n) is 4.32. The van der Waals surface area contributed by atoms with Gasteiger partial charge in [0.15, 0.2) is 0 Å². The first-order chi connectivity index (χ1) is 8.71. The minimum absolute atomic E-state index is 0.123. The lowest BCUT2D eigenvalue weighted by Gasteiger charge is -2.38. The van der Waals surface area contributed by atoms with Crippen molar-refractivity contribution in [1.29, 1.82) is 0 Å². The van der Waals surface area contributed by atoms with Gasteiger partial charge >= 0.3 is 0 Å². The topological polar surface area (TPSA) is 49.3 Å². The zero-order valence-electron chi connectivity index (χ0n) is 12.2. The first kappa shape index (κ1) is 14.1. The van der Waals surface area contributed by atoms with E-state index in [2.05, 4.69) is 5.32 Å². The maximum absolute atomic E-state index is 12.3. The Balaban J connectivity index is 2.17. The quantitative estimate of drug-likeness (QED) is 0.878. The van der Waals surface area contributed by atoms with E-state index < -0.39 is 11.1 Å². The Morgan fingerprint density at radius 2 is 1.79 bits per heavy atom. The molecule has 1 aromatic carbocycles. The summed E-state index contributed by atoms with van der Waals surface area (Å²) >= 11 is 0. The normalized spacial score (nSPS) is 15.2. The van der Waals surface area contributed by atoms with Gasteiger partial charge in [-0.15, -0.1) is 0 Å². The van der Waals surface area contributed by atoms with Gasteiger partial charge in [0, 0.05) is 5.56 Å². The van der Waals surface area contributed by atoms with Gasteiger partial charge in [-0.3, -0.25) is 4.79 Å². The number of aliphatic hydroxyl groups is 1. The Kier molecular flexibility index (Phi) is 3.43. The van der Waals surface area contributed by atoms with E-state index in [1.165, 1.54) is 17.5 Å². The fourth-order valence-electron chi connectivity index (χ4n) is 2.22. The number of rotatable bonds is 3. The lowest BCUT2D eigenvalue weighted by Crippen LogP contribution is -2.57. The van der Waals surface area contributed by atoms with E-state index in [1.807, 2.05) is 32.0 Å². The molecule has 104 valence electrons. The summed E-state index contributed by atoms with van der Waals surface area (Å²) in [6.07, 6.45) is 3.35. The van der Waals surface area contributed by atoms with Crippen LogP contribution in [-0.2, 0) is 12.8 Å². The van der Waals surface area contributed by atoms with E-state index in [0.717, 1.165) is 12.8 Å². The molecule has 1 aromatic rings. The minimum atomic E-state index is -0.973. The van der Waals surface area contributed by atoms with E-state index in [4.69, 9.17) is 0 Å². The van der Waals surface area contributed by atoms with Crippen LogP contribution < -0.4 is 5.32 Å². The van der Waals surface area contributed by atoms with Crippen LogP contribution in [0, 0.1) is 0 Å². The van der Waals surface area contributed by atoms with Crippen molar-refractivity contribution in [3.8, 4) is 0 Å². The molecule has 0 fully saturated rings. The van der Waals surface area contributed by atoms with Crippen LogP contribution in [-0.4, -0.2) is 22.2 Å². The number of hydrogen-bond donors (Lipinski definition) is 2. The highest BCUT2D eigenvalue weighted by Crippen LogP contribution is 2.24. The predicted octanol–water partition coefficient (Wildman–Crippen LogP) is 2.45. The van der Waals surface area contributed by atoms with Gasteiger partial charge in [-0.25, -0.2) is 0 Å². The van der Waals surface area contributed by atoms with Gasteiger partial charge in [0.25, 0.3) is 5.91 Å². The Labute approximate surface area is 115 Å². The summed E-state index contributed by atoms with van der Waals surface area (Å²) in [7, 11) is 0. The number of fused-ring (bicyclic) bond motifs is 1. The molecule has 0 radical (unpaired) electrons. The monoisotopic (exact) mass is 261 g/mol. The molecule has 19 heavy (non-hydrogen) atoms. The van der Waals surface area contributed by atoms with Gasteiger partial charge in [-0.2, -0.15) is 0 Å². The van der Waals surface area contributed by atoms with Crippen molar-refractivity contribution in [2.75, 3.05) is 0 Å². The number of benzene rings is 1. The molecule has 3 heteroatoms. The van der Waals surface area contributed by atoms with Crippen LogP contribution in [0.15, 0.2) is 18.2 Å². The third kappa shape index (κ3) is 2.81. The molecule has 2 N–H and O–H groups in total. The maximum atomic E-state index is 12.3. The van der Waals surface area contributed by atoms with Gasteiger partial charge < -0.3 is 10.4 Å². The van der Waals surface area contributed by atoms with E-state index in [1.54, 1.807) is 13.8 Å². The Morgan fingerprint density at radius 3 is 2.42 bits per heavy atom. The summed E-state index contributed by atoms with van der Waals surface area (Å²) in [5.74, 6) is -0.123. The van der Waals surface area contributed by atoms with Gasteiger partial charge in [0.05, 0.1) is 11.1 Å². The smallest absolute Gasteiger partial charge is 0.251 e. The molecular weight excluding hydrogens is 238 g/mol. The molecule has 3 nitrogen and oxygen atoms in total. The zero-order chi connectivity index (χ0) is 14.3. The molecule has 0 aliphatic heterocycles. The van der Waals surface area contributed by atoms with Crippen LogP contribution in [0.2, 0.25) is 0 Å². The summed E-state index contributed by atoms with van der Waals surface area (Å²) in [5.41, 5.74) is 1.67. The minimum Gasteiger partial charge on any atom is -0.388 e. The Bertz CT molecular complexity index is 498. The molecule has 0 bridgehead atoms. The van der Waals surface area contributed by atoms with Gasteiger partial charge in [-0.1, -0.05) is 6.07 Å². The van der Waals surface area contributed by atoms with E-state index in [0.29, 0.717) is 5.56 Å². The van der Waals surface area contributed by atoms with Crippen LogP contribution in [0.1, 0.15) is 55.6 Å². The van der Waals surface area contributed by atoms with E-state index in [-0.39, 0.29) is 5.91 Å². The Hall–Kier alpha value is -1.35. The number of nitrogens with one attached hydrogen (secondary N) is 1. The highest BCUT2D eigenvalue weighted by Gasteiger charge is 2.36. The van der Waals surface area contributed by atoms with Crippen molar-refractivity contribution < 1.29 is 9.90 Å². The first-order valence-electron chi connectivity index (χ1n) is 6.87. The molecule has 0 atom stereocenters. The first-order valence-corrected chi connectivity index (χ1v) is 6.87. The lowest BCUT2D eigenvalue weighted by atomic mass is 9.85. The number of aryl methyl sites for hydroxylation is 2. The molecule has 0 spiro atoms. The fraction of sp³-hybridized carbons (Fsp3) is 0.562. The van der Waals surface area contributed by atoms with Crippen molar-refractivity contribution in [2.24, 2.45) is 0 Å². The molecule has 0 saturated carbocycles. The molecule has 0 saturated heterocycles. The van der Waals surface area contributed by atoms with Gasteiger partial charge in [0.2, 0.25) is 0 Å². The summed E-state index contributed by atoms with van der Waals surface area (Å²) in [4.78, 5) is 12.3. The highest BCUT2D eigenvalue weighted by atomic mass is 16.3. The van der Waals surface area contributed by atoms with Crippen LogP contribution in [0.25, 0.3) is 0 Å². The summed E-state index contributed by atoms with van der Waals surface area (Å²) in [6, 6.07) is 5.91. The fourth-order valence-corrected chi connectivity index (χ4v) is 2.22. The Morgan fingerprint density at radius 1 is 1.16 bits per heavy atom. The number of hydrogen-bond acceptors (Lipinski definition) is 2. The van der Waals surface area contributed by atoms with Crippen molar-refractivity contribution >= 4 is 5.91 Å². The van der Waals surface area contributed by atoms with Crippen LogP contribution >= 0.6 is 0 Å². The SMILES string of the molecule is CC(C)(O)C(C)(C)NC(=O)c1ccc2c(c1)CCC2. The standard InChI is InChI=1S/C16H23NO2/c1-15(2,16(3,4)19)17-14(18)13-9-8-11-6-5-7-12(11)10-13/h8-10,19H,5-7H2,1-4H3,(H,17,18). The number of carbonyl (C=O) groups is 1. The number of amides is 1. The molecule has 0 unspecified atom stereocenters. The average molecular weight is 261 g/mol. The van der Waals surface area contributed by atoms with Crippen LogP contribution in [0.4, 0.5) is 0 Å². The molecule has 0 aromatic heterocycles. The number of carbonyl (C=O) groups excluding carboxylic acids is 1. The molecule has 1 aliphatic carbocycles. The third-order valence-corrected chi connectivity index (χ3v) is 4.32. The van der Waals surface area contributed by atoms with Gasteiger partial charge in [-0.05, 0) is 70.2 Å². The molecule has 2 rings (SSSR count). The van der Waals surface area contributed by atoms with E-state index >= 15 is 0 Å². The van der Waals surface area contributed by atoms with E-state index in [9.17, 15) is 9.90 Å². The van der Waals surface area contributed by atoms with Gasteiger partial charge in [0.1, 0.15) is 0 Å². The highest BCUT2D eigenvalue weighted by molar-refractivity contribution is 5.95. The maximum Gasteiger partial charge on any atom is 0.251 e. The molecule has 0 heterocycles. The summed E-state index contributed by atoms with van der Waals surface area (Å²) in [5, 5.41) is 13.0. The largest absolute Gasteiger partial charge is 0.388 e. The summed E-state index contributed by atoms with van der Waals surface area (Å²) in [6.45, 7) is 7.07. The molecule has 1 aliphatic rings. The van der Waals surface area contributed by atoms with Crippen LogP contribution in [0.5, 0.6) is 0 Å². The van der Waals surface area contributed by atoms with Crippen molar-refractivity contribution in [2.45, 2.75) is 58.1 Å². The second-order valence-corrected chi connectivity index (χ2v) is 6.48. The van der Waals surface area contributed by atoms with Crippen LogP contribution in [0.3, 0.4) is 0 Å². The zero-order valence-corrected chi connectivity index (χ0v) is 12.2. The lowest BCUT2D eigenvalue weighted by molar-refractivity contribution is -0.00292. The van der Waals surface area contributed by atoms with Crippen molar-refractivity contribution in [3.63, 3.8) is 0 Å². The molecular formula is C16H23NO2. The van der Waals surface area contributed by atoms with Crippen molar-refractivity contribution in [1.82, 2.24) is 5.32 Å². The molecule has 1 amide bonds. The second-order valence-electron chi connectivity index (χ2n) is 6.48. The van der Waals surface area contributed by atoms with Crippen molar-refractivity contribution in [3.05, 3.63) is 34.9 Å². The predicted molar refractivity (Wildman–Crippen MR) is 76.3 cm³/mol. The second kappa shape index (κ2) is 4.64. The summed E-state index contributed by atoms with van der Waals surface area (Å²) < 4.78 is 0. The average Bonchev–Trinajstić information content (AvgIpc) is 2.73.